The topological polar surface area (TPSA) is 17.1 Å². The predicted octanol–water partition coefficient (Wildman–Crippen LogP) is 3.61. The molecule has 78 valence electrons. The summed E-state index contributed by atoms with van der Waals surface area (Å²) in [5.74, 6) is 0. The molecular formula is C15H12O. The van der Waals surface area contributed by atoms with E-state index in [1.807, 2.05) is 18.2 Å². The molecule has 0 amide bonds. The summed E-state index contributed by atoms with van der Waals surface area (Å²) in [7, 11) is 0. The molecule has 0 aliphatic heterocycles. The summed E-state index contributed by atoms with van der Waals surface area (Å²) >= 11 is 0. The van der Waals surface area contributed by atoms with E-state index in [4.69, 9.17) is 0 Å². The number of hydrogen-bond acceptors (Lipinski definition) is 1. The van der Waals surface area contributed by atoms with Crippen LogP contribution in [0.2, 0.25) is 0 Å². The molecule has 0 unspecified atom stereocenters. The van der Waals surface area contributed by atoms with Gasteiger partial charge in [0.05, 0.1) is 0 Å². The molecule has 3 rings (SSSR count). The molecule has 1 nitrogen and oxygen atoms in total. The summed E-state index contributed by atoms with van der Waals surface area (Å²) in [4.78, 5) is 11.0. The predicted molar refractivity (Wildman–Crippen MR) is 66.7 cm³/mol. The molecule has 0 atom stereocenters. The third-order valence-corrected chi connectivity index (χ3v) is 3.23. The summed E-state index contributed by atoms with van der Waals surface area (Å²) < 4.78 is 0. The van der Waals surface area contributed by atoms with Gasteiger partial charge < -0.3 is 0 Å². The average molecular weight is 208 g/mol. The second kappa shape index (κ2) is 3.60. The summed E-state index contributed by atoms with van der Waals surface area (Å²) in [6.45, 7) is 0. The first-order valence-corrected chi connectivity index (χ1v) is 5.56. The zero-order valence-corrected chi connectivity index (χ0v) is 8.94. The summed E-state index contributed by atoms with van der Waals surface area (Å²) in [6.07, 6.45) is 7.49. The first-order valence-electron chi connectivity index (χ1n) is 5.56. The maximum atomic E-state index is 11.0. The summed E-state index contributed by atoms with van der Waals surface area (Å²) in [6, 6.07) is 10.1. The average Bonchev–Trinajstić information content (AvgIpc) is 2.37. The highest BCUT2D eigenvalue weighted by Gasteiger charge is 2.09. The number of benzene rings is 2. The van der Waals surface area contributed by atoms with E-state index >= 15 is 0 Å². The van der Waals surface area contributed by atoms with E-state index in [2.05, 4.69) is 24.3 Å². The van der Waals surface area contributed by atoms with Crippen molar-refractivity contribution in [1.29, 1.82) is 0 Å². The van der Waals surface area contributed by atoms with Crippen molar-refractivity contribution in [3.8, 4) is 0 Å². The minimum Gasteiger partial charge on any atom is -0.298 e. The normalized spacial score (nSPS) is 13.8. The third kappa shape index (κ3) is 1.28. The number of allylic oxidation sites excluding steroid dienone is 1. The largest absolute Gasteiger partial charge is 0.298 e. The maximum Gasteiger partial charge on any atom is 0.150 e. The Bertz CT molecular complexity index is 594. The Kier molecular flexibility index (Phi) is 2.10. The number of carbonyl (C=O) groups is 1. The minimum absolute atomic E-state index is 0.787. The standard InChI is InChI=1S/C15H12O/c16-10-12-5-3-7-15-13-6-2-1-4-11(13)8-9-14(12)15/h1,3-5,7-10H,2,6H2. The Labute approximate surface area is 94.4 Å². The fourth-order valence-corrected chi connectivity index (χ4v) is 2.44. The highest BCUT2D eigenvalue weighted by molar-refractivity contribution is 6.00. The molecule has 0 bridgehead atoms. The fraction of sp³-hybridized carbons (Fsp3) is 0.133. The van der Waals surface area contributed by atoms with Gasteiger partial charge in [-0.3, -0.25) is 4.79 Å². The third-order valence-electron chi connectivity index (χ3n) is 3.23. The molecule has 0 fully saturated rings. The fourth-order valence-electron chi connectivity index (χ4n) is 2.44. The zero-order chi connectivity index (χ0) is 11.0. The Morgan fingerprint density at radius 1 is 1.06 bits per heavy atom. The van der Waals surface area contributed by atoms with Crippen molar-refractivity contribution < 1.29 is 4.79 Å². The van der Waals surface area contributed by atoms with Crippen LogP contribution in [0.15, 0.2) is 36.4 Å². The van der Waals surface area contributed by atoms with E-state index in [0.717, 1.165) is 30.1 Å². The Morgan fingerprint density at radius 2 is 2.00 bits per heavy atom. The van der Waals surface area contributed by atoms with Gasteiger partial charge in [-0.1, -0.05) is 42.5 Å². The molecular weight excluding hydrogens is 196 g/mol. The van der Waals surface area contributed by atoms with Gasteiger partial charge in [-0.05, 0) is 34.7 Å². The molecule has 2 aromatic carbocycles. The summed E-state index contributed by atoms with van der Waals surface area (Å²) in [5.41, 5.74) is 3.46. The second-order valence-corrected chi connectivity index (χ2v) is 4.13. The van der Waals surface area contributed by atoms with Crippen LogP contribution in [0.5, 0.6) is 0 Å². The van der Waals surface area contributed by atoms with Crippen LogP contribution in [0, 0.1) is 0 Å². The molecule has 0 saturated carbocycles. The van der Waals surface area contributed by atoms with Gasteiger partial charge in [0.1, 0.15) is 0 Å². The van der Waals surface area contributed by atoms with Crippen LogP contribution in [-0.4, -0.2) is 6.29 Å². The Hall–Kier alpha value is -1.89. The van der Waals surface area contributed by atoms with E-state index in [1.165, 1.54) is 16.5 Å². The highest BCUT2D eigenvalue weighted by atomic mass is 16.1. The molecule has 0 spiro atoms. The maximum absolute atomic E-state index is 11.0. The van der Waals surface area contributed by atoms with Crippen LogP contribution in [0.3, 0.4) is 0 Å². The lowest BCUT2D eigenvalue weighted by Crippen LogP contribution is -1.96. The molecule has 0 heterocycles. The van der Waals surface area contributed by atoms with Crippen LogP contribution in [0.1, 0.15) is 27.9 Å². The SMILES string of the molecule is O=Cc1cccc2c3c(ccc12)C=CCC3. The lowest BCUT2D eigenvalue weighted by Gasteiger charge is -2.14. The number of carbonyl (C=O) groups excluding carboxylic acids is 1. The van der Waals surface area contributed by atoms with Gasteiger partial charge in [0, 0.05) is 5.56 Å². The lowest BCUT2D eigenvalue weighted by atomic mass is 9.90. The molecule has 0 aromatic heterocycles. The van der Waals surface area contributed by atoms with Crippen molar-refractivity contribution in [2.24, 2.45) is 0 Å². The van der Waals surface area contributed by atoms with Gasteiger partial charge >= 0.3 is 0 Å². The number of hydrogen-bond donors (Lipinski definition) is 0. The molecule has 0 saturated heterocycles. The van der Waals surface area contributed by atoms with Crippen molar-refractivity contribution in [3.05, 3.63) is 53.1 Å². The van der Waals surface area contributed by atoms with Crippen molar-refractivity contribution in [2.75, 3.05) is 0 Å². The quantitative estimate of drug-likeness (QED) is 0.654. The van der Waals surface area contributed by atoms with Gasteiger partial charge in [-0.25, -0.2) is 0 Å². The van der Waals surface area contributed by atoms with Crippen molar-refractivity contribution in [1.82, 2.24) is 0 Å². The van der Waals surface area contributed by atoms with Gasteiger partial charge in [0.2, 0.25) is 0 Å². The van der Waals surface area contributed by atoms with Crippen molar-refractivity contribution in [3.63, 3.8) is 0 Å². The molecule has 16 heavy (non-hydrogen) atoms. The number of aldehydes is 1. The van der Waals surface area contributed by atoms with Crippen LogP contribution in [-0.2, 0) is 6.42 Å². The van der Waals surface area contributed by atoms with E-state index < -0.39 is 0 Å². The number of fused-ring (bicyclic) bond motifs is 3. The molecule has 0 radical (unpaired) electrons. The smallest absolute Gasteiger partial charge is 0.150 e. The Morgan fingerprint density at radius 3 is 2.88 bits per heavy atom. The first-order chi connectivity index (χ1) is 7.90. The first kappa shape index (κ1) is 9.34. The van der Waals surface area contributed by atoms with E-state index in [1.54, 1.807) is 0 Å². The van der Waals surface area contributed by atoms with Crippen LogP contribution in [0.25, 0.3) is 16.8 Å². The van der Waals surface area contributed by atoms with Gasteiger partial charge in [0.15, 0.2) is 6.29 Å². The van der Waals surface area contributed by atoms with Gasteiger partial charge in [-0.2, -0.15) is 0 Å². The monoisotopic (exact) mass is 208 g/mol. The van der Waals surface area contributed by atoms with Crippen molar-refractivity contribution in [2.45, 2.75) is 12.8 Å². The summed E-state index contributed by atoms with van der Waals surface area (Å²) in [5, 5.41) is 2.30. The highest BCUT2D eigenvalue weighted by Crippen LogP contribution is 2.29. The van der Waals surface area contributed by atoms with E-state index in [9.17, 15) is 4.79 Å². The lowest BCUT2D eigenvalue weighted by molar-refractivity contribution is 0.112. The molecule has 1 heteroatoms. The zero-order valence-electron chi connectivity index (χ0n) is 8.94. The minimum atomic E-state index is 0.787. The Balaban J connectivity index is 2.41. The molecule has 0 N–H and O–H groups in total. The van der Waals surface area contributed by atoms with Gasteiger partial charge in [-0.15, -0.1) is 0 Å². The van der Waals surface area contributed by atoms with Crippen LogP contribution in [0.4, 0.5) is 0 Å². The van der Waals surface area contributed by atoms with Crippen LogP contribution < -0.4 is 0 Å². The second-order valence-electron chi connectivity index (χ2n) is 4.13. The molecule has 2 aromatic rings. The van der Waals surface area contributed by atoms with Crippen LogP contribution >= 0.6 is 0 Å². The van der Waals surface area contributed by atoms with E-state index in [-0.39, 0.29) is 0 Å². The van der Waals surface area contributed by atoms with Gasteiger partial charge in [0.25, 0.3) is 0 Å². The molecule has 1 aliphatic carbocycles. The molecule has 1 aliphatic rings. The number of rotatable bonds is 1. The van der Waals surface area contributed by atoms with E-state index in [0.29, 0.717) is 0 Å². The number of aryl methyl sites for hydroxylation is 1. The van der Waals surface area contributed by atoms with Crippen molar-refractivity contribution >= 4 is 23.1 Å².